The van der Waals surface area contributed by atoms with Gasteiger partial charge in [0.05, 0.1) is 5.71 Å². The van der Waals surface area contributed by atoms with Gasteiger partial charge in [-0.2, -0.15) is 5.10 Å². The quantitative estimate of drug-likeness (QED) is 0.619. The van der Waals surface area contributed by atoms with E-state index >= 15 is 0 Å². The number of nitrogens with zero attached hydrogens (tertiary/aromatic N) is 1. The monoisotopic (exact) mass is 346 g/mol. The number of para-hydroxylation sites is 1. The van der Waals surface area contributed by atoms with Crippen molar-refractivity contribution in [2.24, 2.45) is 5.10 Å². The van der Waals surface area contributed by atoms with Crippen LogP contribution in [0.5, 0.6) is 11.5 Å². The van der Waals surface area contributed by atoms with Crippen LogP contribution in [-0.4, -0.2) is 23.3 Å². The number of hydrogen-bond acceptors (Lipinski definition) is 4. The molecule has 0 bridgehead atoms. The van der Waals surface area contributed by atoms with E-state index in [-0.39, 0.29) is 18.3 Å². The number of aromatic hydroxyl groups is 1. The van der Waals surface area contributed by atoms with E-state index < -0.39 is 0 Å². The molecule has 24 heavy (non-hydrogen) atoms. The Morgan fingerprint density at radius 1 is 1.29 bits per heavy atom. The Balaban J connectivity index is 1.97. The molecule has 0 aliphatic heterocycles. The summed E-state index contributed by atoms with van der Waals surface area (Å²) in [6.45, 7) is 3.58. The molecule has 0 fully saturated rings. The van der Waals surface area contributed by atoms with Crippen molar-refractivity contribution in [1.82, 2.24) is 5.43 Å². The van der Waals surface area contributed by atoms with E-state index in [9.17, 15) is 9.90 Å². The van der Waals surface area contributed by atoms with Crippen molar-refractivity contribution in [2.75, 3.05) is 6.61 Å². The van der Waals surface area contributed by atoms with Gasteiger partial charge in [-0.15, -0.1) is 0 Å². The van der Waals surface area contributed by atoms with Gasteiger partial charge in [0.15, 0.2) is 6.61 Å². The summed E-state index contributed by atoms with van der Waals surface area (Å²) in [5, 5.41) is 14.5. The minimum absolute atomic E-state index is 0.125. The first-order valence-electron chi connectivity index (χ1n) is 7.54. The van der Waals surface area contributed by atoms with Crippen molar-refractivity contribution in [3.8, 4) is 11.5 Å². The highest BCUT2D eigenvalue weighted by atomic mass is 35.5. The van der Waals surface area contributed by atoms with Crippen LogP contribution in [0.1, 0.15) is 24.5 Å². The molecule has 1 amide bonds. The van der Waals surface area contributed by atoms with Gasteiger partial charge in [0, 0.05) is 10.6 Å². The Morgan fingerprint density at radius 2 is 2.04 bits per heavy atom. The lowest BCUT2D eigenvalue weighted by Crippen LogP contribution is -2.26. The highest BCUT2D eigenvalue weighted by Crippen LogP contribution is 2.21. The molecular formula is C18H19ClN2O3. The van der Waals surface area contributed by atoms with Gasteiger partial charge in [-0.05, 0) is 49.2 Å². The fraction of sp³-hybridized carbons (Fsp3) is 0.222. The molecule has 0 saturated heterocycles. The molecule has 126 valence electrons. The number of ether oxygens (including phenoxy) is 1. The molecule has 2 N–H and O–H groups in total. The first-order chi connectivity index (χ1) is 11.5. The average molecular weight is 347 g/mol. The molecule has 0 aliphatic rings. The lowest BCUT2D eigenvalue weighted by Gasteiger charge is -2.09. The first kappa shape index (κ1) is 17.8. The van der Waals surface area contributed by atoms with E-state index in [1.807, 2.05) is 13.8 Å². The topological polar surface area (TPSA) is 70.9 Å². The number of nitrogens with one attached hydrogen (secondary N) is 1. The minimum atomic E-state index is -0.384. The molecule has 2 aromatic rings. The van der Waals surface area contributed by atoms with Gasteiger partial charge in [-0.25, -0.2) is 5.43 Å². The van der Waals surface area contributed by atoms with Gasteiger partial charge >= 0.3 is 0 Å². The summed E-state index contributed by atoms with van der Waals surface area (Å²) in [5.41, 5.74) is 4.48. The number of hydrazone groups is 1. The number of rotatable bonds is 6. The molecule has 0 aliphatic carbocycles. The largest absolute Gasteiger partial charge is 0.507 e. The summed E-state index contributed by atoms with van der Waals surface area (Å²) in [7, 11) is 0. The van der Waals surface area contributed by atoms with Crippen LogP contribution in [0.3, 0.4) is 0 Å². The van der Waals surface area contributed by atoms with E-state index in [1.54, 1.807) is 42.5 Å². The van der Waals surface area contributed by atoms with Crippen molar-refractivity contribution in [1.29, 1.82) is 0 Å². The zero-order valence-corrected chi connectivity index (χ0v) is 14.3. The number of hydrogen-bond donors (Lipinski definition) is 2. The Kier molecular flexibility index (Phi) is 6.21. The third kappa shape index (κ3) is 4.73. The molecule has 2 aromatic carbocycles. The molecule has 0 aromatic heterocycles. The molecule has 0 unspecified atom stereocenters. The molecule has 6 heteroatoms. The van der Waals surface area contributed by atoms with Gasteiger partial charge in [0.2, 0.25) is 0 Å². The fourth-order valence-corrected chi connectivity index (χ4v) is 2.35. The van der Waals surface area contributed by atoms with E-state index in [0.717, 1.165) is 5.56 Å². The van der Waals surface area contributed by atoms with Gasteiger partial charge in [-0.3, -0.25) is 4.79 Å². The zero-order valence-electron chi connectivity index (χ0n) is 13.5. The maximum atomic E-state index is 11.9. The molecule has 0 saturated carbocycles. The van der Waals surface area contributed by atoms with Crippen LogP contribution in [-0.2, 0) is 4.79 Å². The number of halogens is 1. The van der Waals surface area contributed by atoms with E-state index in [0.29, 0.717) is 28.5 Å². The second kappa shape index (κ2) is 8.36. The second-order valence-electron chi connectivity index (χ2n) is 5.16. The maximum absolute atomic E-state index is 11.9. The third-order valence-corrected chi connectivity index (χ3v) is 3.60. The summed E-state index contributed by atoms with van der Waals surface area (Å²) >= 11 is 5.88. The number of aryl methyl sites for hydroxylation is 1. The highest BCUT2D eigenvalue weighted by molar-refractivity contribution is 6.30. The normalized spacial score (nSPS) is 11.2. The second-order valence-corrected chi connectivity index (χ2v) is 5.60. The minimum Gasteiger partial charge on any atom is -0.507 e. The Hall–Kier alpha value is -2.53. The van der Waals surface area contributed by atoms with Crippen LogP contribution in [0.4, 0.5) is 0 Å². The lowest BCUT2D eigenvalue weighted by atomic mass is 10.1. The van der Waals surface area contributed by atoms with Crippen molar-refractivity contribution < 1.29 is 14.6 Å². The van der Waals surface area contributed by atoms with E-state index in [2.05, 4.69) is 10.5 Å². The molecule has 5 nitrogen and oxygen atoms in total. The standard InChI is InChI=1S/C18H19ClN2O3/c1-3-15(14-6-4-5-7-16(14)22)20-21-18(23)11-24-17-9-8-13(19)10-12(17)2/h4-10,22H,3,11H2,1-2H3,(H,21,23)/b20-15-. The van der Waals surface area contributed by atoms with Crippen molar-refractivity contribution in [3.63, 3.8) is 0 Å². The van der Waals surface area contributed by atoms with Gasteiger partial charge in [0.25, 0.3) is 5.91 Å². The van der Waals surface area contributed by atoms with Crippen molar-refractivity contribution in [2.45, 2.75) is 20.3 Å². The van der Waals surface area contributed by atoms with Gasteiger partial charge in [-0.1, -0.05) is 30.7 Å². The van der Waals surface area contributed by atoms with Crippen LogP contribution < -0.4 is 10.2 Å². The third-order valence-electron chi connectivity index (χ3n) is 3.36. The average Bonchev–Trinajstić information content (AvgIpc) is 2.56. The van der Waals surface area contributed by atoms with Gasteiger partial charge in [0.1, 0.15) is 11.5 Å². The smallest absolute Gasteiger partial charge is 0.277 e. The lowest BCUT2D eigenvalue weighted by molar-refractivity contribution is -0.123. The number of carbonyl (C=O) groups excluding carboxylic acids is 1. The highest BCUT2D eigenvalue weighted by Gasteiger charge is 2.08. The maximum Gasteiger partial charge on any atom is 0.277 e. The molecule has 2 rings (SSSR count). The Labute approximate surface area is 145 Å². The van der Waals surface area contributed by atoms with Crippen LogP contribution in [0.25, 0.3) is 0 Å². The number of phenols is 1. The van der Waals surface area contributed by atoms with Crippen LogP contribution >= 0.6 is 11.6 Å². The number of amides is 1. The van der Waals surface area contributed by atoms with Crippen LogP contribution in [0.15, 0.2) is 47.6 Å². The van der Waals surface area contributed by atoms with E-state index in [4.69, 9.17) is 16.3 Å². The summed E-state index contributed by atoms with van der Waals surface area (Å²) in [4.78, 5) is 11.9. The molecule has 0 heterocycles. The predicted molar refractivity (Wildman–Crippen MR) is 94.8 cm³/mol. The number of benzene rings is 2. The molecule has 0 atom stereocenters. The van der Waals surface area contributed by atoms with Crippen LogP contribution in [0.2, 0.25) is 5.02 Å². The fourth-order valence-electron chi connectivity index (χ4n) is 2.13. The van der Waals surface area contributed by atoms with Gasteiger partial charge < -0.3 is 9.84 Å². The summed E-state index contributed by atoms with van der Waals surface area (Å²) in [5.74, 6) is 0.334. The molecule has 0 radical (unpaired) electrons. The van der Waals surface area contributed by atoms with Crippen molar-refractivity contribution >= 4 is 23.2 Å². The Bertz CT molecular complexity index is 760. The zero-order chi connectivity index (χ0) is 17.5. The SMILES string of the molecule is CC/C(=N/NC(=O)COc1ccc(Cl)cc1C)c1ccccc1O. The first-order valence-corrected chi connectivity index (χ1v) is 7.91. The van der Waals surface area contributed by atoms with E-state index in [1.165, 1.54) is 0 Å². The Morgan fingerprint density at radius 3 is 2.71 bits per heavy atom. The predicted octanol–water partition coefficient (Wildman–Crippen LogP) is 3.66. The summed E-state index contributed by atoms with van der Waals surface area (Å²) in [6, 6.07) is 12.0. The number of phenolic OH excluding ortho intramolecular Hbond substituents is 1. The summed E-state index contributed by atoms with van der Waals surface area (Å²) in [6.07, 6.45) is 0.564. The molecule has 0 spiro atoms. The van der Waals surface area contributed by atoms with Crippen LogP contribution in [0, 0.1) is 6.92 Å². The van der Waals surface area contributed by atoms with Crippen molar-refractivity contribution in [3.05, 3.63) is 58.6 Å². The summed E-state index contributed by atoms with van der Waals surface area (Å²) < 4.78 is 5.46. The number of carbonyl (C=O) groups is 1. The molecular weight excluding hydrogens is 328 g/mol.